The Kier molecular flexibility index (Phi) is 6.09. The highest BCUT2D eigenvalue weighted by molar-refractivity contribution is 5.68. The normalized spacial score (nSPS) is 30.2. The molecule has 1 heterocycles. The number of hydrogen-bond donors (Lipinski definition) is 2. The van der Waals surface area contributed by atoms with Gasteiger partial charge in [0, 0.05) is 25.7 Å². The molecule has 0 spiro atoms. The summed E-state index contributed by atoms with van der Waals surface area (Å²) in [5.74, 6) is 0.366. The molecule has 128 valence electrons. The molecule has 0 aromatic heterocycles. The molecule has 1 saturated heterocycles. The lowest BCUT2D eigenvalue weighted by atomic mass is 9.86. The van der Waals surface area contributed by atoms with Crippen LogP contribution in [0.1, 0.15) is 59.3 Å². The van der Waals surface area contributed by atoms with Gasteiger partial charge in [-0.3, -0.25) is 0 Å². The molecule has 3 unspecified atom stereocenters. The highest BCUT2D eigenvalue weighted by Crippen LogP contribution is 2.24. The van der Waals surface area contributed by atoms with E-state index in [4.69, 9.17) is 4.74 Å². The predicted molar refractivity (Wildman–Crippen MR) is 86.8 cm³/mol. The summed E-state index contributed by atoms with van der Waals surface area (Å²) in [6.07, 6.45) is 6.12. The summed E-state index contributed by atoms with van der Waals surface area (Å²) in [7, 11) is 0. The van der Waals surface area contributed by atoms with Crippen LogP contribution in [0, 0.1) is 5.92 Å². The molecule has 0 aromatic carbocycles. The van der Waals surface area contributed by atoms with E-state index in [0.717, 1.165) is 45.2 Å². The maximum absolute atomic E-state index is 12.2. The highest BCUT2D eigenvalue weighted by Gasteiger charge is 2.29. The number of nitrogens with zero attached hydrogens (tertiary/aromatic N) is 1. The molecule has 5 nitrogen and oxygen atoms in total. The van der Waals surface area contributed by atoms with Gasteiger partial charge in [0.05, 0.1) is 6.10 Å². The molecule has 2 rings (SSSR count). The lowest BCUT2D eigenvalue weighted by Gasteiger charge is -2.36. The number of hydrogen-bond acceptors (Lipinski definition) is 4. The lowest BCUT2D eigenvalue weighted by molar-refractivity contribution is 0.0176. The summed E-state index contributed by atoms with van der Waals surface area (Å²) < 4.78 is 5.46. The van der Waals surface area contributed by atoms with Crippen LogP contribution >= 0.6 is 0 Å². The molecule has 2 fully saturated rings. The van der Waals surface area contributed by atoms with Crippen molar-refractivity contribution in [1.82, 2.24) is 10.2 Å². The number of likely N-dealkylation sites (tertiary alicyclic amines) is 1. The summed E-state index contributed by atoms with van der Waals surface area (Å²) >= 11 is 0. The first kappa shape index (κ1) is 17.5. The van der Waals surface area contributed by atoms with Crippen molar-refractivity contribution < 1.29 is 14.6 Å². The van der Waals surface area contributed by atoms with Crippen LogP contribution in [0.2, 0.25) is 0 Å². The van der Waals surface area contributed by atoms with Crippen LogP contribution in [-0.2, 0) is 4.74 Å². The Balaban J connectivity index is 1.76. The fourth-order valence-corrected chi connectivity index (χ4v) is 3.38. The van der Waals surface area contributed by atoms with Crippen molar-refractivity contribution in [3.8, 4) is 0 Å². The van der Waals surface area contributed by atoms with E-state index >= 15 is 0 Å². The lowest BCUT2D eigenvalue weighted by Crippen LogP contribution is -2.50. The van der Waals surface area contributed by atoms with Crippen LogP contribution in [0.15, 0.2) is 0 Å². The molecule has 0 radical (unpaired) electrons. The average molecular weight is 312 g/mol. The molecule has 1 amide bonds. The van der Waals surface area contributed by atoms with E-state index in [9.17, 15) is 9.90 Å². The number of piperidine rings is 1. The zero-order valence-corrected chi connectivity index (χ0v) is 14.3. The third-order valence-corrected chi connectivity index (χ3v) is 4.61. The standard InChI is InChI=1S/C17H32N2O3/c1-17(2,3)22-16(21)19-10-6-8-14(12-19)18-11-13-7-4-5-9-15(13)20/h13-15,18,20H,4-12H2,1-3H3. The van der Waals surface area contributed by atoms with Crippen molar-refractivity contribution in [1.29, 1.82) is 0 Å². The molecule has 5 heteroatoms. The topological polar surface area (TPSA) is 61.8 Å². The Labute approximate surface area is 134 Å². The molecule has 1 saturated carbocycles. The number of aliphatic hydroxyl groups excluding tert-OH is 1. The number of amides is 1. The zero-order chi connectivity index (χ0) is 16.2. The molecule has 22 heavy (non-hydrogen) atoms. The van der Waals surface area contributed by atoms with Crippen LogP contribution in [0.25, 0.3) is 0 Å². The third-order valence-electron chi connectivity index (χ3n) is 4.61. The molecule has 0 bridgehead atoms. The minimum atomic E-state index is -0.441. The molecular weight excluding hydrogens is 280 g/mol. The second-order valence-corrected chi connectivity index (χ2v) is 7.79. The van der Waals surface area contributed by atoms with E-state index in [1.807, 2.05) is 25.7 Å². The van der Waals surface area contributed by atoms with Gasteiger partial charge in [0.15, 0.2) is 0 Å². The molecular formula is C17H32N2O3. The minimum absolute atomic E-state index is 0.160. The first-order valence-corrected chi connectivity index (χ1v) is 8.74. The molecule has 0 aromatic rings. The van der Waals surface area contributed by atoms with E-state index in [1.165, 1.54) is 6.42 Å². The summed E-state index contributed by atoms with van der Waals surface area (Å²) in [6.45, 7) is 8.03. The van der Waals surface area contributed by atoms with Gasteiger partial charge in [0.25, 0.3) is 0 Å². The van der Waals surface area contributed by atoms with Crippen molar-refractivity contribution in [3.63, 3.8) is 0 Å². The fraction of sp³-hybridized carbons (Fsp3) is 0.941. The third kappa shape index (κ3) is 5.43. The second-order valence-electron chi connectivity index (χ2n) is 7.79. The maximum Gasteiger partial charge on any atom is 0.410 e. The number of rotatable bonds is 3. The van der Waals surface area contributed by atoms with E-state index < -0.39 is 5.60 Å². The van der Waals surface area contributed by atoms with Crippen LogP contribution in [0.3, 0.4) is 0 Å². The quantitative estimate of drug-likeness (QED) is 0.840. The summed E-state index contributed by atoms with van der Waals surface area (Å²) in [4.78, 5) is 14.0. The van der Waals surface area contributed by atoms with Crippen molar-refractivity contribution >= 4 is 6.09 Å². The van der Waals surface area contributed by atoms with Crippen LogP contribution in [0.4, 0.5) is 4.79 Å². The summed E-state index contributed by atoms with van der Waals surface area (Å²) in [6, 6.07) is 0.315. The average Bonchev–Trinajstić information content (AvgIpc) is 2.45. The minimum Gasteiger partial charge on any atom is -0.444 e. The van der Waals surface area contributed by atoms with Gasteiger partial charge in [-0.2, -0.15) is 0 Å². The van der Waals surface area contributed by atoms with Gasteiger partial charge >= 0.3 is 6.09 Å². The molecule has 1 aliphatic carbocycles. The fourth-order valence-electron chi connectivity index (χ4n) is 3.38. The monoisotopic (exact) mass is 312 g/mol. The Bertz CT molecular complexity index is 367. The van der Waals surface area contributed by atoms with Crippen molar-refractivity contribution in [3.05, 3.63) is 0 Å². The number of nitrogens with one attached hydrogen (secondary N) is 1. The van der Waals surface area contributed by atoms with Crippen LogP contribution < -0.4 is 5.32 Å². The van der Waals surface area contributed by atoms with Crippen molar-refractivity contribution in [2.45, 2.75) is 77.0 Å². The van der Waals surface area contributed by atoms with E-state index in [0.29, 0.717) is 18.5 Å². The summed E-state index contributed by atoms with van der Waals surface area (Å²) in [5.41, 5.74) is -0.441. The van der Waals surface area contributed by atoms with Gasteiger partial charge < -0.3 is 20.1 Å². The smallest absolute Gasteiger partial charge is 0.410 e. The van der Waals surface area contributed by atoms with Crippen molar-refractivity contribution in [2.75, 3.05) is 19.6 Å². The summed E-state index contributed by atoms with van der Waals surface area (Å²) in [5, 5.41) is 13.6. The van der Waals surface area contributed by atoms with Gasteiger partial charge in [-0.15, -0.1) is 0 Å². The first-order chi connectivity index (χ1) is 10.3. The van der Waals surface area contributed by atoms with Gasteiger partial charge in [0.2, 0.25) is 0 Å². The molecule has 2 N–H and O–H groups in total. The predicted octanol–water partition coefficient (Wildman–Crippen LogP) is 2.53. The number of aliphatic hydroxyl groups is 1. The van der Waals surface area contributed by atoms with Crippen LogP contribution in [-0.4, -0.2) is 53.5 Å². The number of carbonyl (C=O) groups is 1. The Morgan fingerprint density at radius 2 is 1.95 bits per heavy atom. The molecule has 3 atom stereocenters. The van der Waals surface area contributed by atoms with Gasteiger partial charge in [0.1, 0.15) is 5.60 Å². The van der Waals surface area contributed by atoms with Crippen LogP contribution in [0.5, 0.6) is 0 Å². The molecule has 2 aliphatic rings. The largest absolute Gasteiger partial charge is 0.444 e. The molecule has 1 aliphatic heterocycles. The Morgan fingerprint density at radius 3 is 2.64 bits per heavy atom. The Morgan fingerprint density at radius 1 is 1.23 bits per heavy atom. The van der Waals surface area contributed by atoms with Gasteiger partial charge in [-0.25, -0.2) is 4.79 Å². The number of carbonyl (C=O) groups excluding carboxylic acids is 1. The zero-order valence-electron chi connectivity index (χ0n) is 14.3. The second kappa shape index (κ2) is 7.64. The van der Waals surface area contributed by atoms with E-state index in [-0.39, 0.29) is 12.2 Å². The van der Waals surface area contributed by atoms with E-state index in [1.54, 1.807) is 0 Å². The van der Waals surface area contributed by atoms with Gasteiger partial charge in [-0.1, -0.05) is 12.8 Å². The highest BCUT2D eigenvalue weighted by atomic mass is 16.6. The number of ether oxygens (including phenoxy) is 1. The first-order valence-electron chi connectivity index (χ1n) is 8.74. The van der Waals surface area contributed by atoms with Gasteiger partial charge in [-0.05, 0) is 52.4 Å². The maximum atomic E-state index is 12.2. The Hall–Kier alpha value is -0.810. The van der Waals surface area contributed by atoms with E-state index in [2.05, 4.69) is 5.32 Å². The van der Waals surface area contributed by atoms with Crippen molar-refractivity contribution in [2.24, 2.45) is 5.92 Å². The SMILES string of the molecule is CC(C)(C)OC(=O)N1CCCC(NCC2CCCCC2O)C1.